The summed E-state index contributed by atoms with van der Waals surface area (Å²) in [4.78, 5) is 25.5. The zero-order valence-corrected chi connectivity index (χ0v) is 15.9. The summed E-state index contributed by atoms with van der Waals surface area (Å²) in [5.74, 6) is 0.429. The zero-order valence-electron chi connectivity index (χ0n) is 15.9. The van der Waals surface area contributed by atoms with Crippen molar-refractivity contribution in [3.63, 3.8) is 0 Å². The number of carbonyl (C=O) groups excluding carboxylic acids is 2. The number of amides is 2. The van der Waals surface area contributed by atoms with Crippen molar-refractivity contribution in [1.82, 2.24) is 4.90 Å². The number of ether oxygens (including phenoxy) is 1. The molecule has 0 aliphatic heterocycles. The van der Waals surface area contributed by atoms with Gasteiger partial charge >= 0.3 is 0 Å². The number of nitrogens with zero attached hydrogens (tertiary/aromatic N) is 1. The molecule has 0 aliphatic carbocycles. The second kappa shape index (κ2) is 9.43. The highest BCUT2D eigenvalue weighted by Gasteiger charge is 2.08. The first-order chi connectivity index (χ1) is 12.8. The molecule has 0 bridgehead atoms. The van der Waals surface area contributed by atoms with Gasteiger partial charge in [0.2, 0.25) is 5.91 Å². The predicted octanol–water partition coefficient (Wildman–Crippen LogP) is 3.39. The lowest BCUT2D eigenvalue weighted by Gasteiger charge is -2.12. The largest absolute Gasteiger partial charge is 0.489 e. The van der Waals surface area contributed by atoms with Gasteiger partial charge in [-0.15, -0.1) is 0 Å². The van der Waals surface area contributed by atoms with Gasteiger partial charge in [0.05, 0.1) is 6.54 Å². The molecule has 2 amide bonds. The highest BCUT2D eigenvalue weighted by Crippen LogP contribution is 2.18. The first-order valence-electron chi connectivity index (χ1n) is 8.58. The second-order valence-electron chi connectivity index (χ2n) is 6.45. The second-order valence-corrected chi connectivity index (χ2v) is 6.45. The summed E-state index contributed by atoms with van der Waals surface area (Å²) in [6.45, 7) is 6.23. The minimum atomic E-state index is -0.180. The van der Waals surface area contributed by atoms with Crippen molar-refractivity contribution in [3.05, 3.63) is 66.2 Å². The molecule has 27 heavy (non-hydrogen) atoms. The van der Waals surface area contributed by atoms with Gasteiger partial charge in [-0.1, -0.05) is 12.6 Å². The lowest BCUT2D eigenvalue weighted by atomic mass is 10.2. The van der Waals surface area contributed by atoms with Gasteiger partial charge in [0.15, 0.2) is 0 Å². The average molecular weight is 367 g/mol. The van der Waals surface area contributed by atoms with Crippen LogP contribution < -0.4 is 15.4 Å². The van der Waals surface area contributed by atoms with Crippen molar-refractivity contribution in [2.24, 2.45) is 0 Å². The van der Waals surface area contributed by atoms with Crippen LogP contribution >= 0.6 is 0 Å². The molecule has 2 aromatic rings. The first kappa shape index (κ1) is 20.0. The predicted molar refractivity (Wildman–Crippen MR) is 108 cm³/mol. The quantitative estimate of drug-likeness (QED) is 0.702. The number of anilines is 2. The number of hydrogen-bond donors (Lipinski definition) is 2. The zero-order chi connectivity index (χ0) is 19.8. The fourth-order valence-corrected chi connectivity index (χ4v) is 2.25. The van der Waals surface area contributed by atoms with E-state index in [-0.39, 0.29) is 18.4 Å². The Bertz CT molecular complexity index is 814. The molecule has 6 heteroatoms. The van der Waals surface area contributed by atoms with E-state index in [9.17, 15) is 9.59 Å². The summed E-state index contributed by atoms with van der Waals surface area (Å²) in [6.07, 6.45) is 0. The molecule has 142 valence electrons. The SMILES string of the molecule is C=C(C)COc1cccc(NC(=O)CNc2ccc(C(=O)N(C)C)cc2)c1. The van der Waals surface area contributed by atoms with Crippen LogP contribution in [-0.2, 0) is 4.79 Å². The fourth-order valence-electron chi connectivity index (χ4n) is 2.25. The third kappa shape index (κ3) is 6.51. The van der Waals surface area contributed by atoms with Gasteiger partial charge in [-0.05, 0) is 48.9 Å². The van der Waals surface area contributed by atoms with Gasteiger partial charge in [-0.2, -0.15) is 0 Å². The Hall–Kier alpha value is -3.28. The van der Waals surface area contributed by atoms with E-state index in [4.69, 9.17) is 4.74 Å². The third-order valence-electron chi connectivity index (χ3n) is 3.59. The molecule has 2 N–H and O–H groups in total. The normalized spacial score (nSPS) is 10.0. The van der Waals surface area contributed by atoms with Gasteiger partial charge in [0.25, 0.3) is 5.91 Å². The summed E-state index contributed by atoms with van der Waals surface area (Å²) in [6, 6.07) is 14.2. The molecule has 0 heterocycles. The van der Waals surface area contributed by atoms with Crippen molar-refractivity contribution in [2.75, 3.05) is 37.9 Å². The van der Waals surface area contributed by atoms with Crippen molar-refractivity contribution >= 4 is 23.2 Å². The first-order valence-corrected chi connectivity index (χ1v) is 8.58. The van der Waals surface area contributed by atoms with Crippen LogP contribution in [0.1, 0.15) is 17.3 Å². The van der Waals surface area contributed by atoms with E-state index in [1.165, 1.54) is 4.90 Å². The lowest BCUT2D eigenvalue weighted by molar-refractivity contribution is -0.114. The van der Waals surface area contributed by atoms with Crippen LogP contribution in [0.15, 0.2) is 60.7 Å². The Morgan fingerprint density at radius 2 is 1.78 bits per heavy atom. The highest BCUT2D eigenvalue weighted by atomic mass is 16.5. The molecular formula is C21H25N3O3. The molecule has 0 radical (unpaired) electrons. The van der Waals surface area contributed by atoms with Gasteiger partial charge in [0, 0.05) is 37.1 Å². The highest BCUT2D eigenvalue weighted by molar-refractivity contribution is 5.95. The molecular weight excluding hydrogens is 342 g/mol. The third-order valence-corrected chi connectivity index (χ3v) is 3.59. The van der Waals surface area contributed by atoms with Gasteiger partial charge in [-0.3, -0.25) is 9.59 Å². The maximum absolute atomic E-state index is 12.1. The maximum Gasteiger partial charge on any atom is 0.253 e. The number of nitrogens with one attached hydrogen (secondary N) is 2. The lowest BCUT2D eigenvalue weighted by Crippen LogP contribution is -2.22. The van der Waals surface area contributed by atoms with E-state index >= 15 is 0 Å². The summed E-state index contributed by atoms with van der Waals surface area (Å²) in [5, 5.41) is 5.86. The standard InChI is InChI=1S/C21H25N3O3/c1-15(2)14-27-19-7-5-6-18(12-19)23-20(25)13-22-17-10-8-16(9-11-17)21(26)24(3)4/h5-12,22H,1,13-14H2,2-4H3,(H,23,25). The number of rotatable bonds is 8. The fraction of sp³-hybridized carbons (Fsp3) is 0.238. The molecule has 0 aliphatic rings. The number of carbonyl (C=O) groups is 2. The molecule has 0 atom stereocenters. The topological polar surface area (TPSA) is 70.7 Å². The molecule has 0 unspecified atom stereocenters. The van der Waals surface area contributed by atoms with Gasteiger partial charge < -0.3 is 20.3 Å². The number of hydrogen-bond acceptors (Lipinski definition) is 4. The molecule has 0 fully saturated rings. The van der Waals surface area contributed by atoms with E-state index in [0.29, 0.717) is 23.6 Å². The summed E-state index contributed by atoms with van der Waals surface area (Å²) < 4.78 is 5.57. The molecule has 0 saturated heterocycles. The van der Waals surface area contributed by atoms with Crippen LogP contribution in [0.25, 0.3) is 0 Å². The molecule has 0 saturated carbocycles. The van der Waals surface area contributed by atoms with E-state index in [1.807, 2.05) is 19.1 Å². The van der Waals surface area contributed by atoms with Crippen LogP contribution in [0, 0.1) is 0 Å². The van der Waals surface area contributed by atoms with E-state index in [1.54, 1.807) is 50.5 Å². The molecule has 0 aromatic heterocycles. The van der Waals surface area contributed by atoms with Crippen molar-refractivity contribution in [1.29, 1.82) is 0 Å². The molecule has 0 spiro atoms. The van der Waals surface area contributed by atoms with Crippen LogP contribution in [-0.4, -0.2) is 44.0 Å². The minimum Gasteiger partial charge on any atom is -0.489 e. The Kier molecular flexibility index (Phi) is 7.00. The summed E-state index contributed by atoms with van der Waals surface area (Å²) in [5.41, 5.74) is 2.94. The van der Waals surface area contributed by atoms with E-state index in [0.717, 1.165) is 11.3 Å². The van der Waals surface area contributed by atoms with E-state index in [2.05, 4.69) is 17.2 Å². The van der Waals surface area contributed by atoms with E-state index < -0.39 is 0 Å². The average Bonchev–Trinajstić information content (AvgIpc) is 2.65. The molecule has 2 aromatic carbocycles. The van der Waals surface area contributed by atoms with Gasteiger partial charge in [-0.25, -0.2) is 0 Å². The maximum atomic E-state index is 12.1. The van der Waals surface area contributed by atoms with Crippen molar-refractivity contribution in [3.8, 4) is 5.75 Å². The Labute approximate surface area is 159 Å². The van der Waals surface area contributed by atoms with Crippen LogP contribution in [0.2, 0.25) is 0 Å². The molecule has 2 rings (SSSR count). The Balaban J connectivity index is 1.86. The van der Waals surface area contributed by atoms with Gasteiger partial charge in [0.1, 0.15) is 12.4 Å². The Morgan fingerprint density at radius 3 is 2.41 bits per heavy atom. The van der Waals surface area contributed by atoms with Crippen molar-refractivity contribution in [2.45, 2.75) is 6.92 Å². The van der Waals surface area contributed by atoms with Crippen LogP contribution in [0.5, 0.6) is 5.75 Å². The smallest absolute Gasteiger partial charge is 0.253 e. The Morgan fingerprint density at radius 1 is 1.07 bits per heavy atom. The minimum absolute atomic E-state index is 0.0620. The summed E-state index contributed by atoms with van der Waals surface area (Å²) in [7, 11) is 3.41. The van der Waals surface area contributed by atoms with Crippen LogP contribution in [0.3, 0.4) is 0 Å². The van der Waals surface area contributed by atoms with Crippen molar-refractivity contribution < 1.29 is 14.3 Å². The monoisotopic (exact) mass is 367 g/mol. The molecule has 6 nitrogen and oxygen atoms in total. The van der Waals surface area contributed by atoms with Crippen LogP contribution in [0.4, 0.5) is 11.4 Å². The summed E-state index contributed by atoms with van der Waals surface area (Å²) >= 11 is 0. The number of benzene rings is 2.